The Morgan fingerprint density at radius 1 is 1.14 bits per heavy atom. The highest BCUT2D eigenvalue weighted by Gasteiger charge is 2.41. The van der Waals surface area contributed by atoms with Crippen LogP contribution in [0.5, 0.6) is 11.5 Å². The maximum Gasteiger partial charge on any atom is 0.344 e. The van der Waals surface area contributed by atoms with Crippen LogP contribution >= 0.6 is 15.9 Å². The summed E-state index contributed by atoms with van der Waals surface area (Å²) >= 11 is 3.59. The molecule has 0 saturated carbocycles. The van der Waals surface area contributed by atoms with E-state index in [9.17, 15) is 9.59 Å². The quantitative estimate of drug-likeness (QED) is 0.330. The summed E-state index contributed by atoms with van der Waals surface area (Å²) in [7, 11) is 1.55. The molecule has 2 aliphatic rings. The molecule has 0 spiro atoms. The van der Waals surface area contributed by atoms with E-state index >= 15 is 0 Å². The topological polar surface area (TPSA) is 73.9 Å². The molecule has 0 fully saturated rings. The van der Waals surface area contributed by atoms with E-state index in [2.05, 4.69) is 59.4 Å². The lowest BCUT2D eigenvalue weighted by Crippen LogP contribution is -2.33. The Bertz CT molecular complexity index is 1440. The molecular formula is C30H30BrNO5. The second-order valence-electron chi connectivity index (χ2n) is 10.2. The summed E-state index contributed by atoms with van der Waals surface area (Å²) in [6, 6.07) is 16.0. The lowest BCUT2D eigenvalue weighted by molar-refractivity contribution is -0.145. The molecule has 0 bridgehead atoms. The van der Waals surface area contributed by atoms with Crippen LogP contribution in [0, 0.1) is 5.41 Å². The largest absolute Gasteiger partial charge is 0.493 e. The molecule has 37 heavy (non-hydrogen) atoms. The Morgan fingerprint density at radius 3 is 2.68 bits per heavy atom. The van der Waals surface area contributed by atoms with E-state index in [1.54, 1.807) is 14.0 Å². The highest BCUT2D eigenvalue weighted by atomic mass is 79.9. The molecule has 3 aromatic carbocycles. The average Bonchev–Trinajstić information content (AvgIpc) is 2.86. The van der Waals surface area contributed by atoms with E-state index in [1.165, 1.54) is 0 Å². The number of ketones is 1. The Kier molecular flexibility index (Phi) is 6.75. The Balaban J connectivity index is 1.63. The molecule has 6 nitrogen and oxygen atoms in total. The van der Waals surface area contributed by atoms with Gasteiger partial charge in [-0.1, -0.05) is 44.2 Å². The number of benzene rings is 3. The van der Waals surface area contributed by atoms with Crippen LogP contribution in [-0.2, 0) is 14.3 Å². The van der Waals surface area contributed by atoms with E-state index in [1.807, 2.05) is 24.3 Å². The number of hydrogen-bond donors (Lipinski definition) is 1. The fraction of sp³-hybridized carbons (Fsp3) is 0.333. The van der Waals surface area contributed by atoms with Crippen LogP contribution in [0.15, 0.2) is 58.6 Å². The van der Waals surface area contributed by atoms with Crippen LogP contribution in [0.4, 0.5) is 5.69 Å². The third-order valence-electron chi connectivity index (χ3n) is 6.96. The van der Waals surface area contributed by atoms with Crippen LogP contribution in [0.1, 0.15) is 50.8 Å². The monoisotopic (exact) mass is 563 g/mol. The molecule has 0 aromatic heterocycles. The summed E-state index contributed by atoms with van der Waals surface area (Å²) in [5, 5.41) is 5.95. The van der Waals surface area contributed by atoms with Gasteiger partial charge in [0.25, 0.3) is 0 Å². The minimum atomic E-state index is -0.455. The molecule has 1 heterocycles. The molecule has 192 valence electrons. The van der Waals surface area contributed by atoms with Gasteiger partial charge in [0.2, 0.25) is 0 Å². The van der Waals surface area contributed by atoms with E-state index in [-0.39, 0.29) is 30.5 Å². The van der Waals surface area contributed by atoms with Gasteiger partial charge in [-0.2, -0.15) is 0 Å². The maximum atomic E-state index is 13.7. The van der Waals surface area contributed by atoms with Crippen LogP contribution in [0.25, 0.3) is 16.3 Å². The number of methoxy groups -OCH3 is 1. The van der Waals surface area contributed by atoms with Gasteiger partial charge >= 0.3 is 5.97 Å². The van der Waals surface area contributed by atoms with Gasteiger partial charge in [0.15, 0.2) is 23.9 Å². The molecule has 1 N–H and O–H groups in total. The van der Waals surface area contributed by atoms with Crippen molar-refractivity contribution in [2.75, 3.05) is 25.6 Å². The second-order valence-corrected chi connectivity index (χ2v) is 11.1. The molecule has 1 aliphatic carbocycles. The van der Waals surface area contributed by atoms with Crippen molar-refractivity contribution in [1.82, 2.24) is 0 Å². The van der Waals surface area contributed by atoms with E-state index in [0.29, 0.717) is 22.4 Å². The van der Waals surface area contributed by atoms with Crippen LogP contribution in [-0.4, -0.2) is 32.1 Å². The lowest BCUT2D eigenvalue weighted by Gasteiger charge is -2.40. The van der Waals surface area contributed by atoms with Crippen molar-refractivity contribution in [1.29, 1.82) is 0 Å². The number of fused-ring (bicyclic) bond motifs is 4. The smallest absolute Gasteiger partial charge is 0.344 e. The number of ether oxygens (including phenoxy) is 3. The Hall–Kier alpha value is -3.32. The first-order chi connectivity index (χ1) is 17.7. The van der Waals surface area contributed by atoms with Gasteiger partial charge in [0, 0.05) is 23.2 Å². The standard InChI is InChI=1S/C30H30BrNO5/c1-5-36-25(34)16-37-29-21(31)12-18(13-24(29)35-4)28-27-20(14-30(2,3)15-23(27)33)26-19-9-7-6-8-17(19)10-11-22(26)32-28/h6-13,28,32H,5,14-16H2,1-4H3. The predicted molar refractivity (Wildman–Crippen MR) is 148 cm³/mol. The summed E-state index contributed by atoms with van der Waals surface area (Å²) in [4.78, 5) is 25.5. The zero-order chi connectivity index (χ0) is 26.3. The first-order valence-electron chi connectivity index (χ1n) is 12.4. The molecule has 1 atom stereocenters. The number of carbonyl (C=O) groups is 2. The average molecular weight is 564 g/mol. The normalized spacial score (nSPS) is 18.1. The zero-order valence-electron chi connectivity index (χ0n) is 21.4. The zero-order valence-corrected chi connectivity index (χ0v) is 23.0. The number of carbonyl (C=O) groups excluding carboxylic acids is 2. The fourth-order valence-corrected chi connectivity index (χ4v) is 6.04. The van der Waals surface area contributed by atoms with Gasteiger partial charge in [-0.3, -0.25) is 4.79 Å². The number of esters is 1. The summed E-state index contributed by atoms with van der Waals surface area (Å²) in [6.45, 7) is 6.12. The Morgan fingerprint density at radius 2 is 1.92 bits per heavy atom. The number of Topliss-reactive ketones (excluding diaryl/α,β-unsaturated/α-hetero) is 1. The van der Waals surface area contributed by atoms with Gasteiger partial charge in [-0.25, -0.2) is 4.79 Å². The van der Waals surface area contributed by atoms with Gasteiger partial charge in [0.05, 0.1) is 24.2 Å². The van der Waals surface area contributed by atoms with Crippen molar-refractivity contribution in [3.63, 3.8) is 0 Å². The second kappa shape index (κ2) is 9.86. The number of allylic oxidation sites excluding steroid dienone is 1. The number of hydrogen-bond acceptors (Lipinski definition) is 6. The van der Waals surface area contributed by atoms with Crippen LogP contribution < -0.4 is 14.8 Å². The third-order valence-corrected chi connectivity index (χ3v) is 7.55. The van der Waals surface area contributed by atoms with Crippen LogP contribution in [0.2, 0.25) is 0 Å². The molecule has 3 aromatic rings. The molecule has 1 aliphatic heterocycles. The lowest BCUT2D eigenvalue weighted by atomic mass is 9.68. The van der Waals surface area contributed by atoms with E-state index in [4.69, 9.17) is 14.2 Å². The number of halogens is 1. The number of anilines is 1. The molecule has 7 heteroatoms. The summed E-state index contributed by atoms with van der Waals surface area (Å²) in [5.74, 6) is 0.570. The maximum absolute atomic E-state index is 13.7. The number of nitrogens with one attached hydrogen (secondary N) is 1. The predicted octanol–water partition coefficient (Wildman–Crippen LogP) is 6.86. The van der Waals surface area contributed by atoms with Gasteiger partial charge < -0.3 is 19.5 Å². The van der Waals surface area contributed by atoms with Crippen molar-refractivity contribution >= 4 is 49.7 Å². The molecule has 0 saturated heterocycles. The van der Waals surface area contributed by atoms with Crippen LogP contribution in [0.3, 0.4) is 0 Å². The highest BCUT2D eigenvalue weighted by Crippen LogP contribution is 2.53. The molecule has 1 unspecified atom stereocenters. The first kappa shape index (κ1) is 25.3. The molecule has 5 rings (SSSR count). The van der Waals surface area contributed by atoms with Crippen molar-refractivity contribution < 1.29 is 23.8 Å². The first-order valence-corrected chi connectivity index (χ1v) is 13.2. The minimum absolute atomic E-state index is 0.130. The Labute approximate surface area is 225 Å². The van der Waals surface area contributed by atoms with Crippen molar-refractivity contribution in [2.24, 2.45) is 5.41 Å². The third kappa shape index (κ3) is 4.73. The van der Waals surface area contributed by atoms with Gasteiger partial charge in [0.1, 0.15) is 0 Å². The van der Waals surface area contributed by atoms with Crippen molar-refractivity contribution in [2.45, 2.75) is 39.7 Å². The molecule has 0 amide bonds. The summed E-state index contributed by atoms with van der Waals surface area (Å²) < 4.78 is 17.0. The van der Waals surface area contributed by atoms with Gasteiger partial charge in [-0.15, -0.1) is 0 Å². The van der Waals surface area contributed by atoms with E-state index < -0.39 is 5.97 Å². The SMILES string of the molecule is CCOC(=O)COc1c(Br)cc(C2Nc3ccc4ccccc4c3C3=C2C(=O)CC(C)(C)C3)cc1OC. The fourth-order valence-electron chi connectivity index (χ4n) is 5.47. The summed E-state index contributed by atoms with van der Waals surface area (Å²) in [6.07, 6.45) is 1.30. The number of rotatable bonds is 6. The van der Waals surface area contributed by atoms with Gasteiger partial charge in [-0.05, 0) is 74.8 Å². The molecular weight excluding hydrogens is 534 g/mol. The minimum Gasteiger partial charge on any atom is -0.493 e. The van der Waals surface area contributed by atoms with E-state index in [0.717, 1.165) is 45.2 Å². The highest BCUT2D eigenvalue weighted by molar-refractivity contribution is 9.10. The van der Waals surface area contributed by atoms with Crippen molar-refractivity contribution in [3.05, 3.63) is 69.7 Å². The van der Waals surface area contributed by atoms with Crippen molar-refractivity contribution in [3.8, 4) is 11.5 Å². The molecule has 0 radical (unpaired) electrons. The summed E-state index contributed by atoms with van der Waals surface area (Å²) in [5.41, 5.74) is 4.77.